The van der Waals surface area contributed by atoms with Crippen LogP contribution >= 0.6 is 27.3 Å². The molecule has 4 heteroatoms. The summed E-state index contributed by atoms with van der Waals surface area (Å²) in [5.74, 6) is 0.722. The van der Waals surface area contributed by atoms with Crippen LogP contribution in [0.4, 0.5) is 0 Å². The van der Waals surface area contributed by atoms with E-state index in [-0.39, 0.29) is 5.60 Å². The summed E-state index contributed by atoms with van der Waals surface area (Å²) < 4.78 is 7.30. The first-order valence-corrected chi connectivity index (χ1v) is 8.96. The molecule has 2 unspecified atom stereocenters. The highest BCUT2D eigenvalue weighted by Crippen LogP contribution is 2.47. The van der Waals surface area contributed by atoms with E-state index < -0.39 is 0 Å². The minimum Gasteiger partial charge on any atom is -0.375 e. The standard InChI is InChI=1S/C15H22BrNOS/c1-2-17-14(12-4-5-13(16)19-12)11-6-9-18-15(10-11)7-3-8-15/h4-5,11,14,17H,2-3,6-10H2,1H3. The maximum absolute atomic E-state index is 6.07. The first kappa shape index (κ1) is 14.1. The normalized spacial score (nSPS) is 27.2. The van der Waals surface area contributed by atoms with E-state index in [1.165, 1.54) is 40.8 Å². The Labute approximate surface area is 128 Å². The smallest absolute Gasteiger partial charge is 0.0701 e. The highest BCUT2D eigenvalue weighted by atomic mass is 79.9. The topological polar surface area (TPSA) is 21.3 Å². The van der Waals surface area contributed by atoms with Crippen molar-refractivity contribution in [2.24, 2.45) is 5.92 Å². The van der Waals surface area contributed by atoms with Crippen LogP contribution in [-0.4, -0.2) is 18.8 Å². The van der Waals surface area contributed by atoms with Crippen molar-refractivity contribution >= 4 is 27.3 Å². The van der Waals surface area contributed by atoms with E-state index in [4.69, 9.17) is 4.74 Å². The van der Waals surface area contributed by atoms with Crippen LogP contribution in [0.3, 0.4) is 0 Å². The SMILES string of the molecule is CCNC(c1ccc(Br)s1)C1CCOC2(CCC2)C1. The molecule has 2 nitrogen and oxygen atoms in total. The molecule has 1 aromatic heterocycles. The lowest BCUT2D eigenvalue weighted by Crippen LogP contribution is -2.47. The van der Waals surface area contributed by atoms with Crippen LogP contribution in [0.25, 0.3) is 0 Å². The van der Waals surface area contributed by atoms with E-state index in [0.29, 0.717) is 6.04 Å². The summed E-state index contributed by atoms with van der Waals surface area (Å²) in [5, 5.41) is 3.70. The molecule has 1 aliphatic carbocycles. The quantitative estimate of drug-likeness (QED) is 0.868. The van der Waals surface area contributed by atoms with Gasteiger partial charge in [0.25, 0.3) is 0 Å². The van der Waals surface area contributed by atoms with E-state index in [2.05, 4.69) is 40.3 Å². The van der Waals surface area contributed by atoms with Gasteiger partial charge in [-0.1, -0.05) is 6.92 Å². The third kappa shape index (κ3) is 2.92. The zero-order valence-corrected chi connectivity index (χ0v) is 13.9. The van der Waals surface area contributed by atoms with Crippen molar-refractivity contribution in [3.63, 3.8) is 0 Å². The summed E-state index contributed by atoms with van der Waals surface area (Å²) in [7, 11) is 0. The molecule has 19 heavy (non-hydrogen) atoms. The maximum Gasteiger partial charge on any atom is 0.0701 e. The van der Waals surface area contributed by atoms with Gasteiger partial charge in [-0.15, -0.1) is 11.3 Å². The molecule has 1 spiro atoms. The fourth-order valence-corrected chi connectivity index (χ4v) is 5.08. The summed E-state index contributed by atoms with van der Waals surface area (Å²) in [4.78, 5) is 1.47. The lowest BCUT2D eigenvalue weighted by Gasteiger charge is -2.48. The first-order chi connectivity index (χ1) is 9.22. The Morgan fingerprint density at radius 3 is 2.95 bits per heavy atom. The number of ether oxygens (including phenoxy) is 1. The molecule has 2 aliphatic rings. The third-order valence-corrected chi connectivity index (χ3v) is 6.30. The van der Waals surface area contributed by atoms with Crippen molar-refractivity contribution in [2.75, 3.05) is 13.2 Å². The van der Waals surface area contributed by atoms with Crippen molar-refractivity contribution in [1.29, 1.82) is 0 Å². The van der Waals surface area contributed by atoms with Gasteiger partial charge in [-0.25, -0.2) is 0 Å². The second-order valence-corrected chi connectivity index (χ2v) is 8.31. The predicted molar refractivity (Wildman–Crippen MR) is 83.7 cm³/mol. The lowest BCUT2D eigenvalue weighted by molar-refractivity contribution is -0.147. The largest absolute Gasteiger partial charge is 0.375 e. The Kier molecular flexibility index (Phi) is 4.32. The summed E-state index contributed by atoms with van der Waals surface area (Å²) in [5.41, 5.74) is 0.241. The Morgan fingerprint density at radius 2 is 2.37 bits per heavy atom. The summed E-state index contributed by atoms with van der Waals surface area (Å²) in [6, 6.07) is 4.94. The molecule has 2 heterocycles. The summed E-state index contributed by atoms with van der Waals surface area (Å²) >= 11 is 5.46. The van der Waals surface area contributed by atoms with Crippen LogP contribution in [-0.2, 0) is 4.74 Å². The fourth-order valence-electron chi connectivity index (χ4n) is 3.48. The van der Waals surface area contributed by atoms with E-state index >= 15 is 0 Å². The molecule has 1 saturated heterocycles. The van der Waals surface area contributed by atoms with Crippen molar-refractivity contribution < 1.29 is 4.74 Å². The van der Waals surface area contributed by atoms with Gasteiger partial charge in [-0.2, -0.15) is 0 Å². The van der Waals surface area contributed by atoms with Gasteiger partial charge < -0.3 is 10.1 Å². The highest BCUT2D eigenvalue weighted by molar-refractivity contribution is 9.11. The van der Waals surface area contributed by atoms with Crippen molar-refractivity contribution in [1.82, 2.24) is 5.32 Å². The van der Waals surface area contributed by atoms with Crippen molar-refractivity contribution in [3.8, 4) is 0 Å². The molecule has 3 rings (SSSR count). The minimum absolute atomic E-state index is 0.241. The van der Waals surface area contributed by atoms with Crippen LogP contribution in [0.2, 0.25) is 0 Å². The molecule has 1 saturated carbocycles. The molecule has 0 amide bonds. The maximum atomic E-state index is 6.07. The molecule has 2 atom stereocenters. The molecule has 2 fully saturated rings. The Morgan fingerprint density at radius 1 is 1.53 bits per heavy atom. The molecule has 0 radical (unpaired) electrons. The van der Waals surface area contributed by atoms with Gasteiger partial charge in [0.2, 0.25) is 0 Å². The van der Waals surface area contributed by atoms with E-state index in [9.17, 15) is 0 Å². The number of rotatable bonds is 4. The van der Waals surface area contributed by atoms with E-state index in [1.807, 2.05) is 11.3 Å². The predicted octanol–water partition coefficient (Wildman–Crippen LogP) is 4.51. The zero-order valence-electron chi connectivity index (χ0n) is 11.5. The molecule has 0 bridgehead atoms. The van der Waals surface area contributed by atoms with Gasteiger partial charge in [0, 0.05) is 17.5 Å². The molecule has 0 aromatic carbocycles. The summed E-state index contributed by atoms with van der Waals surface area (Å²) in [6.07, 6.45) is 6.32. The highest BCUT2D eigenvalue weighted by Gasteiger charge is 2.44. The van der Waals surface area contributed by atoms with Crippen LogP contribution in [0.1, 0.15) is 49.9 Å². The average Bonchev–Trinajstić information content (AvgIpc) is 2.80. The number of nitrogens with one attached hydrogen (secondary N) is 1. The third-order valence-electron chi connectivity index (χ3n) is 4.59. The monoisotopic (exact) mass is 343 g/mol. The lowest BCUT2D eigenvalue weighted by atomic mass is 9.70. The Hall–Kier alpha value is 0.1000. The molecular formula is C15H22BrNOS. The number of hydrogen-bond donors (Lipinski definition) is 1. The molecule has 1 aliphatic heterocycles. The second kappa shape index (κ2) is 5.84. The van der Waals surface area contributed by atoms with E-state index in [0.717, 1.165) is 19.1 Å². The van der Waals surface area contributed by atoms with Gasteiger partial charge in [0.15, 0.2) is 0 Å². The first-order valence-electron chi connectivity index (χ1n) is 7.35. The van der Waals surface area contributed by atoms with Crippen LogP contribution in [0.15, 0.2) is 15.9 Å². The van der Waals surface area contributed by atoms with Gasteiger partial charge in [-0.3, -0.25) is 0 Å². The van der Waals surface area contributed by atoms with Crippen LogP contribution < -0.4 is 5.32 Å². The average molecular weight is 344 g/mol. The summed E-state index contributed by atoms with van der Waals surface area (Å²) in [6.45, 7) is 4.18. The van der Waals surface area contributed by atoms with Crippen LogP contribution in [0.5, 0.6) is 0 Å². The van der Waals surface area contributed by atoms with Gasteiger partial charge in [-0.05, 0) is 72.6 Å². The Balaban J connectivity index is 1.75. The minimum atomic E-state index is 0.241. The Bertz CT molecular complexity index is 430. The fraction of sp³-hybridized carbons (Fsp3) is 0.733. The molecule has 1 aromatic rings. The number of thiophene rings is 1. The number of hydrogen-bond acceptors (Lipinski definition) is 3. The molecular weight excluding hydrogens is 322 g/mol. The van der Waals surface area contributed by atoms with Crippen LogP contribution in [0, 0.1) is 5.92 Å². The van der Waals surface area contributed by atoms with E-state index in [1.54, 1.807) is 0 Å². The zero-order chi connectivity index (χ0) is 13.3. The van der Waals surface area contributed by atoms with Gasteiger partial charge in [0.05, 0.1) is 9.39 Å². The molecule has 106 valence electrons. The number of halogens is 1. The molecule has 1 N–H and O–H groups in total. The van der Waals surface area contributed by atoms with Gasteiger partial charge >= 0.3 is 0 Å². The second-order valence-electron chi connectivity index (χ2n) is 5.82. The van der Waals surface area contributed by atoms with Crippen molar-refractivity contribution in [2.45, 2.75) is 50.7 Å². The van der Waals surface area contributed by atoms with Crippen molar-refractivity contribution in [3.05, 3.63) is 20.8 Å². The van der Waals surface area contributed by atoms with Gasteiger partial charge in [0.1, 0.15) is 0 Å².